The summed E-state index contributed by atoms with van der Waals surface area (Å²) in [4.78, 5) is 21.0. The van der Waals surface area contributed by atoms with Crippen LogP contribution >= 0.6 is 0 Å². The van der Waals surface area contributed by atoms with Crippen LogP contribution in [0.5, 0.6) is 5.75 Å². The van der Waals surface area contributed by atoms with Gasteiger partial charge < -0.3 is 15.4 Å². The van der Waals surface area contributed by atoms with Crippen LogP contribution in [-0.4, -0.2) is 36.6 Å². The first kappa shape index (κ1) is 14.3. The number of nitro benzene ring substituents is 1. The number of rotatable bonds is 6. The lowest BCUT2D eigenvalue weighted by Crippen LogP contribution is -2.46. The Labute approximate surface area is 116 Å². The van der Waals surface area contributed by atoms with Crippen LogP contribution in [0.15, 0.2) is 24.3 Å². The number of carbonyl (C=O) groups is 1. The Morgan fingerprint density at radius 2 is 2.15 bits per heavy atom. The predicted octanol–water partition coefficient (Wildman–Crippen LogP) is 0.842. The standard InChI is InChI=1S/C13H17N3O4/c17-13-6-1-10(9-15-13)14-7-8-20-12-4-2-11(3-5-12)16(18)19/h2-5,10,14H,1,6-9H2,(H,15,17). The number of hydrogen-bond acceptors (Lipinski definition) is 5. The number of hydrogen-bond donors (Lipinski definition) is 2. The van der Waals surface area contributed by atoms with E-state index in [9.17, 15) is 14.9 Å². The molecule has 1 aromatic rings. The van der Waals surface area contributed by atoms with Crippen molar-refractivity contribution >= 4 is 11.6 Å². The Morgan fingerprint density at radius 3 is 2.75 bits per heavy atom. The molecule has 108 valence electrons. The van der Waals surface area contributed by atoms with Gasteiger partial charge in [-0.2, -0.15) is 0 Å². The van der Waals surface area contributed by atoms with E-state index >= 15 is 0 Å². The minimum Gasteiger partial charge on any atom is -0.492 e. The number of nitrogens with one attached hydrogen (secondary N) is 2. The van der Waals surface area contributed by atoms with Crippen LogP contribution in [0.25, 0.3) is 0 Å². The van der Waals surface area contributed by atoms with Gasteiger partial charge in [-0.1, -0.05) is 0 Å². The third-order valence-electron chi connectivity index (χ3n) is 3.12. The summed E-state index contributed by atoms with van der Waals surface area (Å²) in [5.41, 5.74) is 0.0495. The van der Waals surface area contributed by atoms with Crippen molar-refractivity contribution in [3.05, 3.63) is 34.4 Å². The Hall–Kier alpha value is -2.15. The number of amides is 1. The van der Waals surface area contributed by atoms with Gasteiger partial charge in [-0.3, -0.25) is 14.9 Å². The van der Waals surface area contributed by atoms with Crippen molar-refractivity contribution in [2.75, 3.05) is 19.7 Å². The highest BCUT2D eigenvalue weighted by Gasteiger charge is 2.16. The molecule has 0 bridgehead atoms. The second-order valence-electron chi connectivity index (χ2n) is 4.59. The van der Waals surface area contributed by atoms with E-state index < -0.39 is 4.92 Å². The van der Waals surface area contributed by atoms with Crippen molar-refractivity contribution in [3.63, 3.8) is 0 Å². The highest BCUT2D eigenvalue weighted by molar-refractivity contribution is 5.76. The topological polar surface area (TPSA) is 93.5 Å². The SMILES string of the molecule is O=C1CCC(NCCOc2ccc([N+](=O)[O-])cc2)CN1. The van der Waals surface area contributed by atoms with Gasteiger partial charge in [0.1, 0.15) is 12.4 Å². The molecule has 2 N–H and O–H groups in total. The fourth-order valence-electron chi connectivity index (χ4n) is 2.00. The maximum Gasteiger partial charge on any atom is 0.269 e. The highest BCUT2D eigenvalue weighted by Crippen LogP contribution is 2.16. The number of non-ortho nitro benzene ring substituents is 1. The molecule has 2 rings (SSSR count). The smallest absolute Gasteiger partial charge is 0.269 e. The van der Waals surface area contributed by atoms with Crippen LogP contribution in [0, 0.1) is 10.1 Å². The monoisotopic (exact) mass is 279 g/mol. The fraction of sp³-hybridized carbons (Fsp3) is 0.462. The molecule has 1 saturated heterocycles. The molecule has 1 aliphatic rings. The molecule has 0 spiro atoms. The average Bonchev–Trinajstić information content (AvgIpc) is 2.46. The van der Waals surface area contributed by atoms with Gasteiger partial charge in [0.25, 0.3) is 5.69 Å². The van der Waals surface area contributed by atoms with Gasteiger partial charge in [-0.25, -0.2) is 0 Å². The maximum atomic E-state index is 11.0. The van der Waals surface area contributed by atoms with Crippen molar-refractivity contribution < 1.29 is 14.5 Å². The van der Waals surface area contributed by atoms with Gasteiger partial charge >= 0.3 is 0 Å². The van der Waals surface area contributed by atoms with Crippen LogP contribution in [0.2, 0.25) is 0 Å². The summed E-state index contributed by atoms with van der Waals surface area (Å²) >= 11 is 0. The van der Waals surface area contributed by atoms with Gasteiger partial charge in [0.15, 0.2) is 0 Å². The van der Waals surface area contributed by atoms with E-state index in [0.29, 0.717) is 31.9 Å². The molecule has 0 saturated carbocycles. The molecule has 1 fully saturated rings. The Bertz CT molecular complexity index is 465. The second-order valence-corrected chi connectivity index (χ2v) is 4.59. The number of benzene rings is 1. The Kier molecular flexibility index (Phi) is 4.89. The summed E-state index contributed by atoms with van der Waals surface area (Å²) in [6, 6.07) is 6.28. The van der Waals surface area contributed by atoms with Gasteiger partial charge in [-0.05, 0) is 18.6 Å². The maximum absolute atomic E-state index is 11.0. The molecule has 20 heavy (non-hydrogen) atoms. The number of nitro groups is 1. The van der Waals surface area contributed by atoms with Crippen LogP contribution in [-0.2, 0) is 4.79 Å². The third kappa shape index (κ3) is 4.20. The quantitative estimate of drug-likeness (QED) is 0.457. The molecule has 1 heterocycles. The van der Waals surface area contributed by atoms with Crippen LogP contribution in [0.1, 0.15) is 12.8 Å². The third-order valence-corrected chi connectivity index (χ3v) is 3.12. The minimum absolute atomic E-state index is 0.0495. The van der Waals surface area contributed by atoms with Gasteiger partial charge in [0.05, 0.1) is 4.92 Å². The zero-order valence-corrected chi connectivity index (χ0v) is 11.0. The largest absolute Gasteiger partial charge is 0.492 e. The first-order valence-corrected chi connectivity index (χ1v) is 6.52. The Balaban J connectivity index is 1.65. The van der Waals surface area contributed by atoms with E-state index in [1.54, 1.807) is 12.1 Å². The lowest BCUT2D eigenvalue weighted by molar-refractivity contribution is -0.384. The van der Waals surface area contributed by atoms with Crippen LogP contribution in [0.4, 0.5) is 5.69 Å². The summed E-state index contributed by atoms with van der Waals surface area (Å²) in [6.45, 7) is 1.79. The molecule has 1 atom stereocenters. The van der Waals surface area contributed by atoms with E-state index in [2.05, 4.69) is 10.6 Å². The molecule has 1 amide bonds. The van der Waals surface area contributed by atoms with Crippen LogP contribution in [0.3, 0.4) is 0 Å². The first-order chi connectivity index (χ1) is 9.65. The fourth-order valence-corrected chi connectivity index (χ4v) is 2.00. The highest BCUT2D eigenvalue weighted by atomic mass is 16.6. The summed E-state index contributed by atoms with van der Waals surface area (Å²) in [7, 11) is 0. The number of ether oxygens (including phenoxy) is 1. The molecule has 1 aliphatic heterocycles. The summed E-state index contributed by atoms with van der Waals surface area (Å²) in [6.07, 6.45) is 1.39. The summed E-state index contributed by atoms with van der Waals surface area (Å²) in [5.74, 6) is 0.708. The number of carbonyl (C=O) groups excluding carboxylic acids is 1. The van der Waals surface area contributed by atoms with Crippen molar-refractivity contribution in [3.8, 4) is 5.75 Å². The summed E-state index contributed by atoms with van der Waals surface area (Å²) < 4.78 is 5.48. The van der Waals surface area contributed by atoms with Gasteiger partial charge in [0.2, 0.25) is 5.91 Å². The molecular formula is C13H17N3O4. The predicted molar refractivity (Wildman–Crippen MR) is 72.6 cm³/mol. The van der Waals surface area contributed by atoms with Gasteiger partial charge in [0, 0.05) is 37.7 Å². The van der Waals surface area contributed by atoms with Crippen molar-refractivity contribution in [1.29, 1.82) is 0 Å². The van der Waals surface area contributed by atoms with E-state index in [-0.39, 0.29) is 17.6 Å². The first-order valence-electron chi connectivity index (χ1n) is 6.52. The normalized spacial score (nSPS) is 18.4. The lowest BCUT2D eigenvalue weighted by Gasteiger charge is -2.23. The van der Waals surface area contributed by atoms with Gasteiger partial charge in [-0.15, -0.1) is 0 Å². The van der Waals surface area contributed by atoms with E-state index in [4.69, 9.17) is 4.74 Å². The summed E-state index contributed by atoms with van der Waals surface area (Å²) in [5, 5.41) is 16.6. The molecule has 0 radical (unpaired) electrons. The molecule has 0 aromatic heterocycles. The number of nitrogens with zero attached hydrogens (tertiary/aromatic N) is 1. The zero-order valence-electron chi connectivity index (χ0n) is 11.0. The average molecular weight is 279 g/mol. The van der Waals surface area contributed by atoms with Crippen LogP contribution < -0.4 is 15.4 Å². The molecule has 7 heteroatoms. The van der Waals surface area contributed by atoms with E-state index in [0.717, 1.165) is 6.42 Å². The second kappa shape index (κ2) is 6.85. The molecule has 7 nitrogen and oxygen atoms in total. The van der Waals surface area contributed by atoms with E-state index in [1.165, 1.54) is 12.1 Å². The molecular weight excluding hydrogens is 262 g/mol. The van der Waals surface area contributed by atoms with Crippen molar-refractivity contribution in [2.45, 2.75) is 18.9 Å². The lowest BCUT2D eigenvalue weighted by atomic mass is 10.1. The zero-order chi connectivity index (χ0) is 14.4. The Morgan fingerprint density at radius 1 is 1.40 bits per heavy atom. The van der Waals surface area contributed by atoms with E-state index in [1.807, 2.05) is 0 Å². The minimum atomic E-state index is -0.442. The molecule has 0 aliphatic carbocycles. The molecule has 1 aromatic carbocycles. The van der Waals surface area contributed by atoms with Crippen molar-refractivity contribution in [1.82, 2.24) is 10.6 Å². The molecule has 1 unspecified atom stereocenters. The van der Waals surface area contributed by atoms with Crippen molar-refractivity contribution in [2.24, 2.45) is 0 Å². The number of piperidine rings is 1.